The second kappa shape index (κ2) is 15.6. The van der Waals surface area contributed by atoms with Gasteiger partial charge in [0.15, 0.2) is 11.6 Å². The highest BCUT2D eigenvalue weighted by atomic mass is 16.3. The summed E-state index contributed by atoms with van der Waals surface area (Å²) in [5.74, 6) is 1.66. The zero-order valence-electron chi connectivity index (χ0n) is 37.2. The van der Waals surface area contributed by atoms with E-state index in [-0.39, 0.29) is 0 Å². The Labute approximate surface area is 396 Å². The Kier molecular flexibility index (Phi) is 8.79. The van der Waals surface area contributed by atoms with Crippen LogP contribution >= 0.6 is 0 Å². The highest BCUT2D eigenvalue weighted by Crippen LogP contribution is 2.43. The predicted molar refractivity (Wildman–Crippen MR) is 283 cm³/mol. The molecule has 0 saturated carbocycles. The average Bonchev–Trinajstić information content (AvgIpc) is 4.09. The van der Waals surface area contributed by atoms with Crippen LogP contribution in [0.2, 0.25) is 0 Å². The lowest BCUT2D eigenvalue weighted by Crippen LogP contribution is -2.07. The summed E-state index contributed by atoms with van der Waals surface area (Å²) in [4.78, 5) is 16.2. The first-order valence-corrected chi connectivity index (χ1v) is 23.3. The summed E-state index contributed by atoms with van der Waals surface area (Å²) in [5.41, 5.74) is 15.3. The molecule has 69 heavy (non-hydrogen) atoms. The molecule has 0 N–H and O–H groups in total. The fourth-order valence-corrected chi connectivity index (χ4v) is 10.5. The Balaban J connectivity index is 1.04. The summed E-state index contributed by atoms with van der Waals surface area (Å²) in [6, 6.07) is 83.3. The molecule has 14 aromatic rings. The molecule has 6 nitrogen and oxygen atoms in total. The maximum Gasteiger partial charge on any atom is 0.238 e. The molecule has 0 saturated heterocycles. The van der Waals surface area contributed by atoms with E-state index in [9.17, 15) is 0 Å². The Morgan fingerprint density at radius 2 is 0.826 bits per heavy atom. The molecule has 14 rings (SSSR count). The lowest BCUT2D eigenvalue weighted by Gasteiger charge is -2.17. The van der Waals surface area contributed by atoms with Crippen LogP contribution in [0.1, 0.15) is 0 Å². The lowest BCUT2D eigenvalue weighted by molar-refractivity contribution is 0.670. The van der Waals surface area contributed by atoms with E-state index in [1.54, 1.807) is 0 Å². The molecule has 0 spiro atoms. The van der Waals surface area contributed by atoms with Crippen molar-refractivity contribution in [2.75, 3.05) is 0 Å². The first kappa shape index (κ1) is 38.8. The molecule has 0 radical (unpaired) electrons. The van der Waals surface area contributed by atoms with Gasteiger partial charge in [0.2, 0.25) is 5.95 Å². The SMILES string of the molecule is c1ccc(-c2cccc(-c3ccc(-c4nc(-c5ccccc5)nc(-n5c6ccccc6c6cccc(-c7cccc8c7oc7ccccc78)c65)n4)cc3-n3c4ccccc4c4ccccc43)c2)cc1. The first-order valence-electron chi connectivity index (χ1n) is 23.3. The van der Waals surface area contributed by atoms with Crippen LogP contribution in [0.3, 0.4) is 0 Å². The van der Waals surface area contributed by atoms with Gasteiger partial charge in [-0.3, -0.25) is 4.57 Å². The number of furan rings is 1. The number of benzene rings is 10. The molecule has 0 aliphatic carbocycles. The number of hydrogen-bond acceptors (Lipinski definition) is 4. The van der Waals surface area contributed by atoms with Crippen LogP contribution in [-0.4, -0.2) is 24.1 Å². The molecule has 0 aliphatic heterocycles. The molecule has 0 amide bonds. The van der Waals surface area contributed by atoms with Gasteiger partial charge in [-0.2, -0.15) is 9.97 Å². The summed E-state index contributed by atoms with van der Waals surface area (Å²) in [7, 11) is 0. The van der Waals surface area contributed by atoms with Gasteiger partial charge in [-0.1, -0.05) is 200 Å². The van der Waals surface area contributed by atoms with E-state index in [4.69, 9.17) is 19.4 Å². The van der Waals surface area contributed by atoms with Crippen LogP contribution in [0.15, 0.2) is 241 Å². The topological polar surface area (TPSA) is 61.7 Å². The van der Waals surface area contributed by atoms with Crippen molar-refractivity contribution in [2.24, 2.45) is 0 Å². The maximum atomic E-state index is 6.67. The van der Waals surface area contributed by atoms with Crippen molar-refractivity contribution in [3.05, 3.63) is 237 Å². The summed E-state index contributed by atoms with van der Waals surface area (Å²) >= 11 is 0. The van der Waals surface area contributed by atoms with Gasteiger partial charge in [0.25, 0.3) is 0 Å². The molecule has 0 bridgehead atoms. The number of hydrogen-bond donors (Lipinski definition) is 0. The van der Waals surface area contributed by atoms with Crippen molar-refractivity contribution >= 4 is 65.6 Å². The summed E-state index contributed by atoms with van der Waals surface area (Å²) in [6.45, 7) is 0. The molecule has 10 aromatic carbocycles. The van der Waals surface area contributed by atoms with Gasteiger partial charge in [0, 0.05) is 60.1 Å². The normalized spacial score (nSPS) is 11.8. The molecule has 0 unspecified atom stereocenters. The van der Waals surface area contributed by atoms with Crippen LogP contribution in [0.5, 0.6) is 0 Å². The van der Waals surface area contributed by atoms with Crippen molar-refractivity contribution in [3.63, 3.8) is 0 Å². The fourth-order valence-electron chi connectivity index (χ4n) is 10.5. The summed E-state index contributed by atoms with van der Waals surface area (Å²) in [5, 5.41) is 6.74. The molecule has 0 fully saturated rings. The van der Waals surface area contributed by atoms with Gasteiger partial charge in [-0.05, 0) is 53.1 Å². The van der Waals surface area contributed by atoms with Crippen molar-refractivity contribution in [2.45, 2.75) is 0 Å². The minimum absolute atomic E-state index is 0.521. The number of rotatable bonds is 7. The first-order chi connectivity index (χ1) is 34.2. The van der Waals surface area contributed by atoms with Crippen LogP contribution in [0.4, 0.5) is 0 Å². The lowest BCUT2D eigenvalue weighted by atomic mass is 9.96. The van der Waals surface area contributed by atoms with Crippen molar-refractivity contribution < 1.29 is 4.42 Å². The number of nitrogens with zero attached hydrogens (tertiary/aromatic N) is 5. The van der Waals surface area contributed by atoms with Crippen molar-refractivity contribution in [3.8, 4) is 67.8 Å². The van der Waals surface area contributed by atoms with Crippen LogP contribution in [0.25, 0.3) is 133 Å². The van der Waals surface area contributed by atoms with E-state index >= 15 is 0 Å². The molecule has 0 atom stereocenters. The van der Waals surface area contributed by atoms with Crippen LogP contribution in [-0.2, 0) is 0 Å². The Bertz CT molecular complexity index is 4260. The second-order valence-corrected chi connectivity index (χ2v) is 17.5. The molecule has 4 aromatic heterocycles. The van der Waals surface area contributed by atoms with Gasteiger partial charge >= 0.3 is 0 Å². The Hall–Kier alpha value is -9.39. The van der Waals surface area contributed by atoms with Crippen molar-refractivity contribution in [1.82, 2.24) is 24.1 Å². The highest BCUT2D eigenvalue weighted by Gasteiger charge is 2.24. The highest BCUT2D eigenvalue weighted by molar-refractivity contribution is 6.17. The van der Waals surface area contributed by atoms with E-state index < -0.39 is 0 Å². The largest absolute Gasteiger partial charge is 0.455 e. The predicted octanol–water partition coefficient (Wildman–Crippen LogP) is 16.3. The summed E-state index contributed by atoms with van der Waals surface area (Å²) in [6.07, 6.45) is 0. The molecule has 6 heteroatoms. The zero-order valence-corrected chi connectivity index (χ0v) is 37.2. The van der Waals surface area contributed by atoms with E-state index in [1.165, 1.54) is 16.3 Å². The van der Waals surface area contributed by atoms with Gasteiger partial charge in [-0.15, -0.1) is 0 Å². The smallest absolute Gasteiger partial charge is 0.238 e. The van der Waals surface area contributed by atoms with Gasteiger partial charge in [0.05, 0.1) is 27.8 Å². The van der Waals surface area contributed by atoms with E-state index in [1.807, 2.05) is 30.3 Å². The van der Waals surface area contributed by atoms with Crippen LogP contribution < -0.4 is 0 Å². The molecule has 0 aliphatic rings. The average molecular weight is 882 g/mol. The Morgan fingerprint density at radius 3 is 1.55 bits per heavy atom. The molecular formula is C63H39N5O. The van der Waals surface area contributed by atoms with Gasteiger partial charge < -0.3 is 8.98 Å². The number of fused-ring (bicyclic) bond motifs is 9. The van der Waals surface area contributed by atoms with Crippen LogP contribution in [0, 0.1) is 0 Å². The fraction of sp³-hybridized carbons (Fsp3) is 0. The third kappa shape index (κ3) is 6.23. The van der Waals surface area contributed by atoms with Crippen molar-refractivity contribution in [1.29, 1.82) is 0 Å². The number of aromatic nitrogens is 5. The van der Waals surface area contributed by atoms with Gasteiger partial charge in [0.1, 0.15) is 11.2 Å². The number of para-hydroxylation sites is 6. The monoisotopic (exact) mass is 881 g/mol. The van der Waals surface area contributed by atoms with Gasteiger partial charge in [-0.25, -0.2) is 4.98 Å². The molecule has 4 heterocycles. The quantitative estimate of drug-likeness (QED) is 0.160. The standard InChI is InChI=1S/C63H39N5O/c1-3-18-40(19-4-1)42-22-15-23-43(38-42)45-37-36-44(39-57(45)67-54-32-11-7-24-46(54)47-25-8-12-33-55(47)67)62-64-61(41-20-5-2-6-21-41)65-63(66-62)68-56-34-13-9-26-48(56)50-28-16-29-51(59(50)68)53-31-17-30-52-49-27-10-14-35-58(49)69-60(52)53/h1-39H. The third-order valence-corrected chi connectivity index (χ3v) is 13.6. The zero-order chi connectivity index (χ0) is 45.4. The van der Waals surface area contributed by atoms with E-state index in [0.717, 1.165) is 99.4 Å². The third-order valence-electron chi connectivity index (χ3n) is 13.6. The van der Waals surface area contributed by atoms with E-state index in [0.29, 0.717) is 17.6 Å². The minimum atomic E-state index is 0.521. The maximum absolute atomic E-state index is 6.67. The minimum Gasteiger partial charge on any atom is -0.455 e. The Morgan fingerprint density at radius 1 is 0.304 bits per heavy atom. The molecule has 322 valence electrons. The summed E-state index contributed by atoms with van der Waals surface area (Å²) < 4.78 is 11.3. The molecular weight excluding hydrogens is 843 g/mol. The second-order valence-electron chi connectivity index (χ2n) is 17.5. The van der Waals surface area contributed by atoms with E-state index in [2.05, 4.69) is 215 Å².